The summed E-state index contributed by atoms with van der Waals surface area (Å²) < 4.78 is 16.3. The molecule has 0 bridgehead atoms. The van der Waals surface area contributed by atoms with Crippen molar-refractivity contribution in [3.8, 4) is 22.8 Å². The molecule has 10 nitrogen and oxygen atoms in total. The van der Waals surface area contributed by atoms with Gasteiger partial charge in [-0.25, -0.2) is 9.97 Å². The maximum atomic E-state index is 13.5. The first kappa shape index (κ1) is 32.9. The fourth-order valence-corrected chi connectivity index (χ4v) is 7.36. The monoisotopic (exact) mass is 679 g/mol. The lowest BCUT2D eigenvalue weighted by Gasteiger charge is -2.35. The van der Waals surface area contributed by atoms with E-state index in [1.807, 2.05) is 55.5 Å². The van der Waals surface area contributed by atoms with Gasteiger partial charge >= 0.3 is 5.97 Å². The van der Waals surface area contributed by atoms with Crippen molar-refractivity contribution in [1.29, 1.82) is 0 Å². The Balaban J connectivity index is 1.02. The SMILES string of the molecule is CCOC(=O)C1CCCN(C(=O)c2cccc(CSc3nc(-c4ccccc4)cc(N4CCN(Cc5ccc6c(c5)OCO6)CC4)n3)c2)C1. The number of likely N-dealkylation sites (tertiary alicyclic amines) is 1. The Morgan fingerprint density at radius 3 is 2.55 bits per heavy atom. The maximum Gasteiger partial charge on any atom is 0.310 e. The molecule has 2 saturated heterocycles. The molecule has 3 aliphatic rings. The van der Waals surface area contributed by atoms with Crippen LogP contribution in [-0.2, 0) is 21.8 Å². The van der Waals surface area contributed by atoms with Gasteiger partial charge in [0.25, 0.3) is 5.91 Å². The number of piperazine rings is 1. The third-order valence-corrected chi connectivity index (χ3v) is 10.1. The molecule has 1 atom stereocenters. The van der Waals surface area contributed by atoms with Gasteiger partial charge in [-0.15, -0.1) is 0 Å². The summed E-state index contributed by atoms with van der Waals surface area (Å²) in [6.07, 6.45) is 1.54. The van der Waals surface area contributed by atoms with Crippen molar-refractivity contribution < 1.29 is 23.8 Å². The fourth-order valence-electron chi connectivity index (χ4n) is 6.57. The molecule has 0 spiro atoms. The van der Waals surface area contributed by atoms with Crippen LogP contribution in [0.15, 0.2) is 84.0 Å². The summed E-state index contributed by atoms with van der Waals surface area (Å²) >= 11 is 1.57. The van der Waals surface area contributed by atoms with Crippen LogP contribution in [0.1, 0.15) is 41.3 Å². The Kier molecular flexibility index (Phi) is 10.3. The number of esters is 1. The van der Waals surface area contributed by atoms with Crippen LogP contribution in [0.4, 0.5) is 5.82 Å². The van der Waals surface area contributed by atoms with Crippen LogP contribution in [0.3, 0.4) is 0 Å². The first-order valence-corrected chi connectivity index (χ1v) is 18.0. The van der Waals surface area contributed by atoms with Crippen LogP contribution >= 0.6 is 11.8 Å². The van der Waals surface area contributed by atoms with Gasteiger partial charge in [-0.05, 0) is 55.2 Å². The first-order valence-electron chi connectivity index (χ1n) is 17.0. The van der Waals surface area contributed by atoms with Gasteiger partial charge in [0.05, 0.1) is 18.2 Å². The van der Waals surface area contributed by atoms with Gasteiger partial charge < -0.3 is 24.0 Å². The highest BCUT2D eigenvalue weighted by atomic mass is 32.2. The van der Waals surface area contributed by atoms with Gasteiger partial charge in [0, 0.05) is 68.8 Å². The van der Waals surface area contributed by atoms with Crippen molar-refractivity contribution >= 4 is 29.5 Å². The highest BCUT2D eigenvalue weighted by molar-refractivity contribution is 7.98. The number of piperidine rings is 1. The third-order valence-electron chi connectivity index (χ3n) is 9.17. The molecule has 11 heteroatoms. The molecular weight excluding hydrogens is 639 g/mol. The average molecular weight is 680 g/mol. The van der Waals surface area contributed by atoms with Crippen LogP contribution in [0.5, 0.6) is 11.5 Å². The lowest BCUT2D eigenvalue weighted by atomic mass is 9.97. The highest BCUT2D eigenvalue weighted by Crippen LogP contribution is 2.33. The van der Waals surface area contributed by atoms with Crippen molar-refractivity contribution in [2.75, 3.05) is 57.6 Å². The molecule has 254 valence electrons. The van der Waals surface area contributed by atoms with E-state index in [1.165, 1.54) is 5.56 Å². The third kappa shape index (κ3) is 8.00. The largest absolute Gasteiger partial charge is 0.466 e. The lowest BCUT2D eigenvalue weighted by molar-refractivity contribution is -0.149. The number of thioether (sulfide) groups is 1. The maximum absolute atomic E-state index is 13.5. The number of carbonyl (C=O) groups is 2. The molecule has 49 heavy (non-hydrogen) atoms. The number of nitrogens with zero attached hydrogens (tertiary/aromatic N) is 5. The fraction of sp³-hybridized carbons (Fsp3) is 0.368. The number of benzene rings is 3. The number of fused-ring (bicyclic) bond motifs is 1. The van der Waals surface area contributed by atoms with Crippen LogP contribution in [-0.4, -0.2) is 84.3 Å². The summed E-state index contributed by atoms with van der Waals surface area (Å²) in [5.41, 5.74) is 4.79. The van der Waals surface area contributed by atoms with Crippen molar-refractivity contribution in [3.05, 3.63) is 95.6 Å². The summed E-state index contributed by atoms with van der Waals surface area (Å²) in [5.74, 6) is 2.63. The molecule has 3 aromatic carbocycles. The smallest absolute Gasteiger partial charge is 0.310 e. The van der Waals surface area contributed by atoms with Crippen LogP contribution < -0.4 is 14.4 Å². The zero-order chi connectivity index (χ0) is 33.6. The van der Waals surface area contributed by atoms with Gasteiger partial charge in [0.2, 0.25) is 6.79 Å². The van der Waals surface area contributed by atoms with Gasteiger partial charge in [-0.1, -0.05) is 60.3 Å². The quantitative estimate of drug-likeness (QED) is 0.115. The number of anilines is 1. The number of rotatable bonds is 10. The Bertz CT molecular complexity index is 1780. The second-order valence-electron chi connectivity index (χ2n) is 12.5. The number of hydrogen-bond donors (Lipinski definition) is 0. The van der Waals surface area contributed by atoms with E-state index in [2.05, 4.69) is 40.1 Å². The van der Waals surface area contributed by atoms with E-state index in [0.29, 0.717) is 36.2 Å². The summed E-state index contributed by atoms with van der Waals surface area (Å²) in [6, 6.07) is 26.2. The molecule has 0 aliphatic carbocycles. The number of amides is 1. The van der Waals surface area contributed by atoms with Crippen molar-refractivity contribution in [3.63, 3.8) is 0 Å². The van der Waals surface area contributed by atoms with Crippen LogP contribution in [0, 0.1) is 5.92 Å². The Morgan fingerprint density at radius 2 is 1.71 bits per heavy atom. The highest BCUT2D eigenvalue weighted by Gasteiger charge is 2.30. The average Bonchev–Trinajstić information content (AvgIpc) is 3.63. The molecule has 1 aromatic heterocycles. The van der Waals surface area contributed by atoms with E-state index in [0.717, 1.165) is 79.7 Å². The van der Waals surface area contributed by atoms with E-state index < -0.39 is 0 Å². The van der Waals surface area contributed by atoms with E-state index in [4.69, 9.17) is 24.2 Å². The predicted octanol–water partition coefficient (Wildman–Crippen LogP) is 5.90. The molecule has 7 rings (SSSR count). The Labute approximate surface area is 291 Å². The number of carbonyl (C=O) groups excluding carboxylic acids is 2. The minimum absolute atomic E-state index is 0.0527. The molecule has 3 aliphatic heterocycles. The molecule has 0 N–H and O–H groups in total. The van der Waals surface area contributed by atoms with E-state index in [1.54, 1.807) is 16.7 Å². The topological polar surface area (TPSA) is 97.3 Å². The molecule has 0 radical (unpaired) electrons. The minimum Gasteiger partial charge on any atom is -0.466 e. The summed E-state index contributed by atoms with van der Waals surface area (Å²) in [5, 5.41) is 0.698. The van der Waals surface area contributed by atoms with Gasteiger partial charge in [0.15, 0.2) is 16.7 Å². The van der Waals surface area contributed by atoms with E-state index in [9.17, 15) is 9.59 Å². The van der Waals surface area contributed by atoms with E-state index in [-0.39, 0.29) is 24.6 Å². The van der Waals surface area contributed by atoms with E-state index >= 15 is 0 Å². The molecule has 1 amide bonds. The number of ether oxygens (including phenoxy) is 3. The predicted molar refractivity (Wildman–Crippen MR) is 189 cm³/mol. The Hall–Kier alpha value is -4.61. The zero-order valence-corrected chi connectivity index (χ0v) is 28.6. The van der Waals surface area contributed by atoms with Crippen LogP contribution in [0.2, 0.25) is 0 Å². The summed E-state index contributed by atoms with van der Waals surface area (Å²) in [4.78, 5) is 42.4. The second kappa shape index (κ2) is 15.3. The van der Waals surface area contributed by atoms with Crippen LogP contribution in [0.25, 0.3) is 11.3 Å². The second-order valence-corrected chi connectivity index (χ2v) is 13.5. The van der Waals surface area contributed by atoms with Crippen molar-refractivity contribution in [1.82, 2.24) is 19.8 Å². The van der Waals surface area contributed by atoms with Gasteiger partial charge in [0.1, 0.15) is 5.82 Å². The van der Waals surface area contributed by atoms with Crippen molar-refractivity contribution in [2.45, 2.75) is 37.2 Å². The molecular formula is C38H41N5O5S. The molecule has 1 unspecified atom stereocenters. The number of hydrogen-bond acceptors (Lipinski definition) is 10. The lowest BCUT2D eigenvalue weighted by Crippen LogP contribution is -2.46. The Morgan fingerprint density at radius 1 is 0.878 bits per heavy atom. The molecule has 4 aromatic rings. The summed E-state index contributed by atoms with van der Waals surface area (Å²) in [6.45, 7) is 7.89. The number of aromatic nitrogens is 2. The van der Waals surface area contributed by atoms with Crippen molar-refractivity contribution in [2.24, 2.45) is 5.92 Å². The summed E-state index contributed by atoms with van der Waals surface area (Å²) in [7, 11) is 0. The molecule has 4 heterocycles. The zero-order valence-electron chi connectivity index (χ0n) is 27.8. The minimum atomic E-state index is -0.266. The van der Waals surface area contributed by atoms with Gasteiger partial charge in [-0.3, -0.25) is 14.5 Å². The molecule has 2 fully saturated rings. The molecule has 0 saturated carbocycles. The first-order chi connectivity index (χ1) is 24.0. The standard InChI is InChI=1S/C38H41N5O5S/c1-2-46-37(45)31-12-7-15-43(24-31)36(44)30-11-6-8-28(20-30)25-49-38-39-32(29-9-4-3-5-10-29)22-35(40-38)42-18-16-41(17-19-42)23-27-13-14-33-34(21-27)48-26-47-33/h3-6,8-11,13-14,20-22,31H,2,7,12,15-19,23-26H2,1H3. The normalized spacial score (nSPS) is 17.6. The van der Waals surface area contributed by atoms with Gasteiger partial charge in [-0.2, -0.15) is 0 Å².